The minimum atomic E-state index is 0.235. The topological polar surface area (TPSA) is 50.9 Å². The first-order valence-corrected chi connectivity index (χ1v) is 9.07. The number of pyridine rings is 1. The van der Waals surface area contributed by atoms with Gasteiger partial charge in [-0.05, 0) is 24.8 Å². The van der Waals surface area contributed by atoms with Crippen LogP contribution in [0.25, 0.3) is 0 Å². The highest BCUT2D eigenvalue weighted by molar-refractivity contribution is 5.77. The molecule has 3 N–H and O–H groups in total. The molecular formula is C18H30N4O+2. The van der Waals surface area contributed by atoms with Crippen LogP contribution in [0.4, 0.5) is 5.82 Å². The van der Waals surface area contributed by atoms with Gasteiger partial charge in [-0.1, -0.05) is 25.8 Å². The van der Waals surface area contributed by atoms with Gasteiger partial charge in [-0.2, -0.15) is 0 Å². The van der Waals surface area contributed by atoms with Gasteiger partial charge in [0.05, 0.1) is 6.20 Å². The third-order valence-corrected chi connectivity index (χ3v) is 5.37. The largest absolute Gasteiger partial charge is 0.348 e. The molecule has 1 amide bonds. The van der Waals surface area contributed by atoms with Crippen LogP contribution in [0.5, 0.6) is 0 Å². The highest BCUT2D eigenvalue weighted by Gasteiger charge is 2.29. The molecule has 0 spiro atoms. The molecule has 1 aromatic heterocycles. The summed E-state index contributed by atoms with van der Waals surface area (Å²) in [6, 6.07) is 6.57. The van der Waals surface area contributed by atoms with Gasteiger partial charge in [0.1, 0.15) is 26.2 Å². The number of quaternary nitrogens is 1. The maximum atomic E-state index is 12.3. The molecule has 1 aromatic rings. The van der Waals surface area contributed by atoms with E-state index in [1.807, 2.05) is 12.3 Å². The van der Waals surface area contributed by atoms with Crippen LogP contribution in [-0.2, 0) is 4.79 Å². The SMILES string of the molecule is C[C@H]1CCCC[C@@H]1NC(=O)C[NH+]1CCN(c2cccc[nH+]2)CC1. The molecule has 5 nitrogen and oxygen atoms in total. The number of piperazine rings is 1. The lowest BCUT2D eigenvalue weighted by molar-refractivity contribution is -0.892. The number of carbonyl (C=O) groups is 1. The van der Waals surface area contributed by atoms with Crippen molar-refractivity contribution < 1.29 is 14.7 Å². The van der Waals surface area contributed by atoms with Crippen LogP contribution in [-0.4, -0.2) is 44.7 Å². The lowest BCUT2D eigenvalue weighted by atomic mass is 9.86. The van der Waals surface area contributed by atoms with Gasteiger partial charge in [0.2, 0.25) is 0 Å². The van der Waals surface area contributed by atoms with Gasteiger partial charge in [-0.15, -0.1) is 0 Å². The summed E-state index contributed by atoms with van der Waals surface area (Å²) in [6.07, 6.45) is 6.95. The lowest BCUT2D eigenvalue weighted by Crippen LogP contribution is -3.16. The van der Waals surface area contributed by atoms with Crippen LogP contribution in [0.2, 0.25) is 0 Å². The number of rotatable bonds is 4. The van der Waals surface area contributed by atoms with Crippen LogP contribution in [0, 0.1) is 5.92 Å². The average molecular weight is 318 g/mol. The lowest BCUT2D eigenvalue weighted by Gasteiger charge is -2.31. The molecule has 2 heterocycles. The molecule has 1 saturated heterocycles. The van der Waals surface area contributed by atoms with E-state index in [0.29, 0.717) is 18.5 Å². The molecular weight excluding hydrogens is 288 g/mol. The predicted octanol–water partition coefficient (Wildman–Crippen LogP) is -0.0995. The fourth-order valence-corrected chi connectivity index (χ4v) is 3.84. The zero-order valence-electron chi connectivity index (χ0n) is 14.2. The number of hydrogen-bond acceptors (Lipinski definition) is 2. The van der Waals surface area contributed by atoms with E-state index in [0.717, 1.165) is 32.6 Å². The van der Waals surface area contributed by atoms with Crippen molar-refractivity contribution in [2.75, 3.05) is 37.6 Å². The molecule has 0 bridgehead atoms. The molecule has 2 atom stereocenters. The molecule has 2 fully saturated rings. The van der Waals surface area contributed by atoms with Gasteiger partial charge < -0.3 is 10.2 Å². The highest BCUT2D eigenvalue weighted by Crippen LogP contribution is 2.23. The van der Waals surface area contributed by atoms with Crippen molar-refractivity contribution in [1.29, 1.82) is 0 Å². The van der Waals surface area contributed by atoms with Crippen LogP contribution >= 0.6 is 0 Å². The minimum Gasteiger partial charge on any atom is -0.348 e. The molecule has 0 radical (unpaired) electrons. The number of aromatic nitrogens is 1. The van der Waals surface area contributed by atoms with E-state index in [-0.39, 0.29) is 5.91 Å². The van der Waals surface area contributed by atoms with Gasteiger partial charge in [0.25, 0.3) is 11.7 Å². The van der Waals surface area contributed by atoms with Gasteiger partial charge in [0.15, 0.2) is 6.54 Å². The van der Waals surface area contributed by atoms with Crippen molar-refractivity contribution in [3.05, 3.63) is 24.4 Å². The van der Waals surface area contributed by atoms with E-state index in [1.165, 1.54) is 30.0 Å². The molecule has 1 aliphatic carbocycles. The number of nitrogens with zero attached hydrogens (tertiary/aromatic N) is 1. The normalized spacial score (nSPS) is 26.0. The van der Waals surface area contributed by atoms with Gasteiger partial charge in [-0.25, -0.2) is 4.98 Å². The Kier molecular flexibility index (Phi) is 5.49. The standard InChI is InChI=1S/C18H28N4O/c1-15-6-2-3-7-16(15)20-18(23)14-21-10-12-22(13-11-21)17-8-4-5-9-19-17/h4-5,8-9,15-16H,2-3,6-7,10-14H2,1H3,(H,20,23)/p+2/t15-,16-/m0/s1. The number of anilines is 1. The number of carbonyl (C=O) groups excluding carboxylic acids is 1. The number of hydrogen-bond donors (Lipinski definition) is 2. The summed E-state index contributed by atoms with van der Waals surface area (Å²) in [5.41, 5.74) is 0. The Morgan fingerprint density at radius 2 is 2.09 bits per heavy atom. The van der Waals surface area contributed by atoms with Gasteiger partial charge >= 0.3 is 0 Å². The first kappa shape index (κ1) is 16.2. The molecule has 2 aliphatic rings. The third kappa shape index (κ3) is 4.44. The number of amides is 1. The van der Waals surface area contributed by atoms with Crippen molar-refractivity contribution in [1.82, 2.24) is 5.32 Å². The molecule has 3 rings (SSSR count). The Hall–Kier alpha value is -1.62. The summed E-state index contributed by atoms with van der Waals surface area (Å²) in [6.45, 7) is 6.94. The fraction of sp³-hybridized carbons (Fsp3) is 0.667. The van der Waals surface area contributed by atoms with Crippen LogP contribution < -0.4 is 20.1 Å². The van der Waals surface area contributed by atoms with E-state index in [1.54, 1.807) is 0 Å². The zero-order chi connectivity index (χ0) is 16.1. The monoisotopic (exact) mass is 318 g/mol. The Bertz CT molecular complexity index is 499. The second kappa shape index (κ2) is 7.77. The first-order valence-electron chi connectivity index (χ1n) is 9.07. The first-order chi connectivity index (χ1) is 11.2. The summed E-state index contributed by atoms with van der Waals surface area (Å²) < 4.78 is 0. The molecule has 23 heavy (non-hydrogen) atoms. The van der Waals surface area contributed by atoms with Crippen molar-refractivity contribution in [3.63, 3.8) is 0 Å². The van der Waals surface area contributed by atoms with Gasteiger partial charge in [0, 0.05) is 12.1 Å². The summed E-state index contributed by atoms with van der Waals surface area (Å²) in [5.74, 6) is 2.04. The number of aromatic amines is 1. The fourth-order valence-electron chi connectivity index (χ4n) is 3.84. The van der Waals surface area contributed by atoms with Crippen molar-refractivity contribution in [3.8, 4) is 0 Å². The summed E-state index contributed by atoms with van der Waals surface area (Å²) in [5, 5.41) is 3.28. The van der Waals surface area contributed by atoms with Crippen LogP contribution in [0.1, 0.15) is 32.6 Å². The number of nitrogens with one attached hydrogen (secondary N) is 3. The van der Waals surface area contributed by atoms with Gasteiger partial charge in [-0.3, -0.25) is 9.69 Å². The molecule has 1 saturated carbocycles. The molecule has 0 unspecified atom stereocenters. The molecule has 1 aliphatic heterocycles. The van der Waals surface area contributed by atoms with Crippen LogP contribution in [0.3, 0.4) is 0 Å². The average Bonchev–Trinajstić information content (AvgIpc) is 2.58. The number of H-pyrrole nitrogens is 1. The highest BCUT2D eigenvalue weighted by atomic mass is 16.2. The van der Waals surface area contributed by atoms with Crippen molar-refractivity contribution in [2.45, 2.75) is 38.6 Å². The van der Waals surface area contributed by atoms with Crippen LogP contribution in [0.15, 0.2) is 24.4 Å². The molecule has 5 heteroatoms. The van der Waals surface area contributed by atoms with E-state index in [4.69, 9.17) is 0 Å². The Morgan fingerprint density at radius 3 is 2.78 bits per heavy atom. The maximum absolute atomic E-state index is 12.3. The zero-order valence-corrected chi connectivity index (χ0v) is 14.2. The van der Waals surface area contributed by atoms with E-state index < -0.39 is 0 Å². The van der Waals surface area contributed by atoms with Crippen molar-refractivity contribution >= 4 is 11.7 Å². The summed E-state index contributed by atoms with van der Waals surface area (Å²) >= 11 is 0. The second-order valence-corrected chi connectivity index (χ2v) is 7.10. The van der Waals surface area contributed by atoms with E-state index in [2.05, 4.69) is 34.3 Å². The quantitative estimate of drug-likeness (QED) is 0.815. The van der Waals surface area contributed by atoms with E-state index in [9.17, 15) is 4.79 Å². The molecule has 0 aromatic carbocycles. The Morgan fingerprint density at radius 1 is 1.30 bits per heavy atom. The smallest absolute Gasteiger partial charge is 0.275 e. The predicted molar refractivity (Wildman–Crippen MR) is 90.3 cm³/mol. The summed E-state index contributed by atoms with van der Waals surface area (Å²) in [4.78, 5) is 19.4. The summed E-state index contributed by atoms with van der Waals surface area (Å²) in [7, 11) is 0. The second-order valence-electron chi connectivity index (χ2n) is 7.10. The van der Waals surface area contributed by atoms with E-state index >= 15 is 0 Å². The Balaban J connectivity index is 1.42. The maximum Gasteiger partial charge on any atom is 0.275 e. The van der Waals surface area contributed by atoms with Crippen molar-refractivity contribution in [2.24, 2.45) is 5.92 Å². The Labute approximate surface area is 139 Å². The third-order valence-electron chi connectivity index (χ3n) is 5.37. The minimum absolute atomic E-state index is 0.235. The molecule has 126 valence electrons.